The number of benzene rings is 8. The first-order valence-corrected chi connectivity index (χ1v) is 15.0. The molecule has 206 valence electrons. The van der Waals surface area contributed by atoms with Crippen LogP contribution in [0.25, 0.3) is 65.4 Å². The van der Waals surface area contributed by atoms with Crippen LogP contribution in [0.15, 0.2) is 168 Å². The number of nitrogens with zero attached hydrogens (tertiary/aromatic N) is 1. The molecule has 8 aromatic carbocycles. The van der Waals surface area contributed by atoms with Crippen LogP contribution < -0.4 is 4.90 Å². The highest BCUT2D eigenvalue weighted by Gasteiger charge is 2.23. The van der Waals surface area contributed by atoms with Crippen molar-refractivity contribution in [1.82, 2.24) is 0 Å². The molecule has 0 unspecified atom stereocenters. The zero-order valence-corrected chi connectivity index (χ0v) is 23.9. The van der Waals surface area contributed by atoms with Crippen molar-refractivity contribution < 1.29 is 4.42 Å². The van der Waals surface area contributed by atoms with Crippen LogP contribution in [-0.4, -0.2) is 0 Å². The molecule has 2 nitrogen and oxygen atoms in total. The number of rotatable bonds is 4. The minimum absolute atomic E-state index is 0.883. The Kier molecular flexibility index (Phi) is 5.54. The average molecular weight is 562 g/mol. The van der Waals surface area contributed by atoms with Gasteiger partial charge in [0, 0.05) is 27.5 Å². The van der Waals surface area contributed by atoms with E-state index in [4.69, 9.17) is 4.42 Å². The van der Waals surface area contributed by atoms with Crippen molar-refractivity contribution in [2.45, 2.75) is 0 Å². The fraction of sp³-hybridized carbons (Fsp3) is 0. The van der Waals surface area contributed by atoms with E-state index in [0.717, 1.165) is 44.4 Å². The molecule has 0 saturated carbocycles. The largest absolute Gasteiger partial charge is 0.454 e. The lowest BCUT2D eigenvalue weighted by atomic mass is 9.99. The monoisotopic (exact) mass is 561 g/mol. The van der Waals surface area contributed by atoms with Crippen LogP contribution >= 0.6 is 0 Å². The van der Waals surface area contributed by atoms with Gasteiger partial charge in [0.15, 0.2) is 5.58 Å². The van der Waals surface area contributed by atoms with Crippen LogP contribution in [0.1, 0.15) is 0 Å². The summed E-state index contributed by atoms with van der Waals surface area (Å²) in [5.74, 6) is 0. The summed E-state index contributed by atoms with van der Waals surface area (Å²) >= 11 is 0. The molecule has 0 N–H and O–H groups in total. The lowest BCUT2D eigenvalue weighted by molar-refractivity contribution is 0.669. The summed E-state index contributed by atoms with van der Waals surface area (Å²) < 4.78 is 6.73. The second-order valence-electron chi connectivity index (χ2n) is 11.4. The molecule has 9 rings (SSSR count). The standard InChI is InChI=1S/C42H27NO/c1-2-11-28(12-3-1)30-15-10-16-33(25-30)43(34-23-24-36-32(26-34)22-21-29-13-4-6-17-35(29)36)41-37-18-7-5-14-31(37)27-39-38-19-8-9-20-40(38)44-42(39)41/h1-27H. The van der Waals surface area contributed by atoms with Crippen LogP contribution in [0.4, 0.5) is 17.1 Å². The first-order valence-electron chi connectivity index (χ1n) is 15.0. The molecule has 1 heterocycles. The molecule has 0 radical (unpaired) electrons. The van der Waals surface area contributed by atoms with Crippen molar-refractivity contribution in [1.29, 1.82) is 0 Å². The Hall–Kier alpha value is -5.86. The maximum Gasteiger partial charge on any atom is 0.160 e. The van der Waals surface area contributed by atoms with E-state index in [0.29, 0.717) is 0 Å². The van der Waals surface area contributed by atoms with E-state index >= 15 is 0 Å². The Morgan fingerprint density at radius 3 is 1.89 bits per heavy atom. The van der Waals surface area contributed by atoms with Crippen LogP contribution in [0, 0.1) is 0 Å². The zero-order valence-electron chi connectivity index (χ0n) is 23.9. The molecule has 2 heteroatoms. The highest BCUT2D eigenvalue weighted by atomic mass is 16.3. The Morgan fingerprint density at radius 1 is 0.364 bits per heavy atom. The van der Waals surface area contributed by atoms with Gasteiger partial charge >= 0.3 is 0 Å². The molecule has 0 spiro atoms. The molecule has 0 aliphatic rings. The first kappa shape index (κ1) is 24.7. The second-order valence-corrected chi connectivity index (χ2v) is 11.4. The van der Waals surface area contributed by atoms with Crippen molar-refractivity contribution in [2.75, 3.05) is 4.90 Å². The maximum absolute atomic E-state index is 6.73. The summed E-state index contributed by atoms with van der Waals surface area (Å²) in [6.07, 6.45) is 0. The average Bonchev–Trinajstić information content (AvgIpc) is 3.47. The molecule has 0 aliphatic heterocycles. The molecule has 0 fully saturated rings. The normalized spacial score (nSPS) is 11.6. The molecule has 0 amide bonds. The van der Waals surface area contributed by atoms with Crippen LogP contribution in [0.3, 0.4) is 0 Å². The number of fused-ring (bicyclic) bond motifs is 7. The van der Waals surface area contributed by atoms with Gasteiger partial charge in [0.1, 0.15) is 5.58 Å². The van der Waals surface area contributed by atoms with E-state index in [2.05, 4.69) is 163 Å². The van der Waals surface area contributed by atoms with Crippen molar-refractivity contribution in [2.24, 2.45) is 0 Å². The van der Waals surface area contributed by atoms with Crippen LogP contribution in [-0.2, 0) is 0 Å². The van der Waals surface area contributed by atoms with Gasteiger partial charge in [0.05, 0.1) is 5.69 Å². The fourth-order valence-corrected chi connectivity index (χ4v) is 6.72. The van der Waals surface area contributed by atoms with Gasteiger partial charge in [-0.3, -0.25) is 0 Å². The van der Waals surface area contributed by atoms with Gasteiger partial charge in [-0.25, -0.2) is 0 Å². The van der Waals surface area contributed by atoms with Crippen LogP contribution in [0.5, 0.6) is 0 Å². The van der Waals surface area contributed by atoms with E-state index in [9.17, 15) is 0 Å². The highest BCUT2D eigenvalue weighted by molar-refractivity contribution is 6.19. The minimum atomic E-state index is 0.883. The topological polar surface area (TPSA) is 16.4 Å². The Labute approximate surface area is 255 Å². The minimum Gasteiger partial charge on any atom is -0.454 e. The fourth-order valence-electron chi connectivity index (χ4n) is 6.72. The lowest BCUT2D eigenvalue weighted by Gasteiger charge is -2.28. The smallest absolute Gasteiger partial charge is 0.160 e. The Morgan fingerprint density at radius 2 is 1.00 bits per heavy atom. The third-order valence-corrected chi connectivity index (χ3v) is 8.79. The predicted octanol–water partition coefficient (Wildman–Crippen LogP) is 12.2. The van der Waals surface area contributed by atoms with Crippen molar-refractivity contribution in [3.63, 3.8) is 0 Å². The summed E-state index contributed by atoms with van der Waals surface area (Å²) in [5, 5.41) is 9.52. The third kappa shape index (κ3) is 3.89. The quantitative estimate of drug-likeness (QED) is 0.199. The molecular weight excluding hydrogens is 534 g/mol. The second kappa shape index (κ2) is 9.86. The van der Waals surface area contributed by atoms with E-state index < -0.39 is 0 Å². The maximum atomic E-state index is 6.73. The molecule has 0 saturated heterocycles. The van der Waals surface area contributed by atoms with Gasteiger partial charge < -0.3 is 9.32 Å². The molecule has 0 aliphatic carbocycles. The van der Waals surface area contributed by atoms with E-state index in [-0.39, 0.29) is 0 Å². The summed E-state index contributed by atoms with van der Waals surface area (Å²) in [6.45, 7) is 0. The van der Waals surface area contributed by atoms with Crippen molar-refractivity contribution in [3.8, 4) is 11.1 Å². The Balaban J connectivity index is 1.38. The molecule has 44 heavy (non-hydrogen) atoms. The van der Waals surface area contributed by atoms with Crippen molar-refractivity contribution >= 4 is 71.3 Å². The van der Waals surface area contributed by atoms with E-state index in [1.165, 1.54) is 38.1 Å². The van der Waals surface area contributed by atoms with Crippen LogP contribution in [0.2, 0.25) is 0 Å². The van der Waals surface area contributed by atoms with Gasteiger partial charge in [-0.05, 0) is 74.5 Å². The summed E-state index contributed by atoms with van der Waals surface area (Å²) in [7, 11) is 0. The van der Waals surface area contributed by atoms with Gasteiger partial charge in [0.2, 0.25) is 0 Å². The molecule has 9 aromatic rings. The molecule has 0 bridgehead atoms. The summed E-state index contributed by atoms with van der Waals surface area (Å²) in [6, 6.07) is 58.5. The highest BCUT2D eigenvalue weighted by Crippen LogP contribution is 2.47. The lowest BCUT2D eigenvalue weighted by Crippen LogP contribution is -2.11. The van der Waals surface area contributed by atoms with Crippen molar-refractivity contribution in [3.05, 3.63) is 164 Å². The van der Waals surface area contributed by atoms with Gasteiger partial charge in [-0.1, -0.05) is 127 Å². The van der Waals surface area contributed by atoms with Gasteiger partial charge in [0.25, 0.3) is 0 Å². The number of anilines is 3. The number of hydrogen-bond acceptors (Lipinski definition) is 2. The first-order chi connectivity index (χ1) is 21.8. The summed E-state index contributed by atoms with van der Waals surface area (Å²) in [5.41, 5.74) is 7.32. The van der Waals surface area contributed by atoms with Gasteiger partial charge in [-0.2, -0.15) is 0 Å². The van der Waals surface area contributed by atoms with Gasteiger partial charge in [-0.15, -0.1) is 0 Å². The Bertz CT molecular complexity index is 2510. The SMILES string of the molecule is c1ccc(-c2cccc(N(c3ccc4c(ccc5ccccc54)c3)c3c4ccccc4cc4c3oc3ccccc34)c2)cc1. The van der Waals surface area contributed by atoms with E-state index in [1.807, 2.05) is 6.07 Å². The molecular formula is C42H27NO. The number of furan rings is 1. The molecule has 1 aromatic heterocycles. The number of hydrogen-bond donors (Lipinski definition) is 0. The number of para-hydroxylation sites is 1. The third-order valence-electron chi connectivity index (χ3n) is 8.79. The summed E-state index contributed by atoms with van der Waals surface area (Å²) in [4.78, 5) is 2.38. The predicted molar refractivity (Wildman–Crippen MR) is 186 cm³/mol. The zero-order chi connectivity index (χ0) is 29.0. The molecule has 0 atom stereocenters. The van der Waals surface area contributed by atoms with E-state index in [1.54, 1.807) is 0 Å².